The molecule has 0 radical (unpaired) electrons. The highest BCUT2D eigenvalue weighted by Crippen LogP contribution is 2.76. The molecule has 29 heavy (non-hydrogen) atoms. The van der Waals surface area contributed by atoms with Crippen molar-refractivity contribution in [1.82, 2.24) is 10.6 Å². The van der Waals surface area contributed by atoms with Crippen LogP contribution in [0.4, 0.5) is 0 Å². The molecule has 0 aromatic heterocycles. The Bertz CT molecular complexity index is 767. The lowest BCUT2D eigenvalue weighted by atomic mass is 9.63. The third-order valence-corrected chi connectivity index (χ3v) is 8.69. The van der Waals surface area contributed by atoms with Gasteiger partial charge in [-0.05, 0) is 82.2 Å². The summed E-state index contributed by atoms with van der Waals surface area (Å²) in [5, 5.41) is 7.03. The Morgan fingerprint density at radius 2 is 2.03 bits per heavy atom. The van der Waals surface area contributed by atoms with Crippen LogP contribution in [-0.4, -0.2) is 37.7 Å². The highest BCUT2D eigenvalue weighted by molar-refractivity contribution is 5.86. The first kappa shape index (κ1) is 19.6. The second-order valence-corrected chi connectivity index (χ2v) is 10.5. The van der Waals surface area contributed by atoms with E-state index in [9.17, 15) is 4.79 Å². The van der Waals surface area contributed by atoms with Crippen molar-refractivity contribution in [1.29, 1.82) is 0 Å². The molecule has 1 aromatic rings. The van der Waals surface area contributed by atoms with Crippen molar-refractivity contribution in [2.24, 2.45) is 16.7 Å². The van der Waals surface area contributed by atoms with Crippen LogP contribution in [0.5, 0.6) is 0 Å². The van der Waals surface area contributed by atoms with E-state index in [1.54, 1.807) is 0 Å². The minimum Gasteiger partial charge on any atom is -0.381 e. The fourth-order valence-corrected chi connectivity index (χ4v) is 7.82. The summed E-state index contributed by atoms with van der Waals surface area (Å²) >= 11 is 0. The van der Waals surface area contributed by atoms with Gasteiger partial charge in [-0.25, -0.2) is 0 Å². The maximum absolute atomic E-state index is 13.9. The molecule has 1 heterocycles. The van der Waals surface area contributed by atoms with E-state index < -0.39 is 0 Å². The summed E-state index contributed by atoms with van der Waals surface area (Å²) in [5.41, 5.74) is 1.34. The molecule has 2 unspecified atom stereocenters. The Balaban J connectivity index is 1.47. The van der Waals surface area contributed by atoms with Gasteiger partial charge in [0.1, 0.15) is 0 Å². The zero-order chi connectivity index (χ0) is 20.1. The molecule has 6 atom stereocenters. The molecule has 5 aliphatic rings. The Morgan fingerprint density at radius 3 is 2.79 bits per heavy atom. The Morgan fingerprint density at radius 1 is 1.21 bits per heavy atom. The van der Waals surface area contributed by atoms with Crippen molar-refractivity contribution in [3.05, 3.63) is 35.9 Å². The first-order valence-corrected chi connectivity index (χ1v) is 11.7. The third-order valence-electron chi connectivity index (χ3n) is 8.69. The van der Waals surface area contributed by atoms with Crippen LogP contribution in [0.1, 0.15) is 64.4 Å². The zero-order valence-corrected chi connectivity index (χ0v) is 18.0. The van der Waals surface area contributed by atoms with E-state index in [2.05, 4.69) is 54.8 Å². The number of nitrogens with one attached hydrogen (secondary N) is 2. The largest absolute Gasteiger partial charge is 0.381 e. The average molecular weight is 397 g/mol. The highest BCUT2D eigenvalue weighted by atomic mass is 16.5. The number of rotatable bonds is 6. The number of carbonyl (C=O) groups excluding carboxylic acids is 1. The van der Waals surface area contributed by atoms with Crippen LogP contribution in [0.15, 0.2) is 30.3 Å². The number of hydrogen-bond donors (Lipinski definition) is 2. The van der Waals surface area contributed by atoms with Crippen LogP contribution < -0.4 is 10.6 Å². The second kappa shape index (κ2) is 7.09. The SMILES string of the molecule is CCOC[C@]12CC3CC1(C(=O)N[C@H]1CCN[C@@H](C)C1)C[C@@](c1ccccc1)(C3)C2. The van der Waals surface area contributed by atoms with Gasteiger partial charge in [-0.2, -0.15) is 0 Å². The van der Waals surface area contributed by atoms with E-state index in [1.807, 2.05) is 0 Å². The van der Waals surface area contributed by atoms with Crippen LogP contribution in [0.3, 0.4) is 0 Å². The van der Waals surface area contributed by atoms with Crippen LogP contribution in [0.25, 0.3) is 0 Å². The molecular formula is C25H36N2O2. The number of piperidine rings is 1. The minimum atomic E-state index is -0.255. The normalized spacial score (nSPS) is 42.9. The first-order valence-electron chi connectivity index (χ1n) is 11.7. The molecule has 1 aliphatic heterocycles. The summed E-state index contributed by atoms with van der Waals surface area (Å²) in [6.45, 7) is 6.77. The lowest BCUT2D eigenvalue weighted by Crippen LogP contribution is -2.54. The molecule has 4 aliphatic carbocycles. The van der Waals surface area contributed by atoms with Crippen molar-refractivity contribution in [2.75, 3.05) is 19.8 Å². The fourth-order valence-electron chi connectivity index (χ4n) is 7.82. The zero-order valence-electron chi connectivity index (χ0n) is 18.0. The van der Waals surface area contributed by atoms with Gasteiger partial charge in [0.25, 0.3) is 0 Å². The molecule has 0 spiro atoms. The molecule has 6 rings (SSSR count). The second-order valence-electron chi connectivity index (χ2n) is 10.5. The molecular weight excluding hydrogens is 360 g/mol. The van der Waals surface area contributed by atoms with E-state index in [-0.39, 0.29) is 16.2 Å². The van der Waals surface area contributed by atoms with Gasteiger partial charge in [0, 0.05) is 24.1 Å². The van der Waals surface area contributed by atoms with Gasteiger partial charge < -0.3 is 15.4 Å². The fraction of sp³-hybridized carbons (Fsp3) is 0.720. The lowest BCUT2D eigenvalue weighted by Gasteiger charge is -2.41. The molecule has 1 amide bonds. The van der Waals surface area contributed by atoms with Crippen molar-refractivity contribution in [3.8, 4) is 0 Å². The molecule has 4 heteroatoms. The van der Waals surface area contributed by atoms with Crippen molar-refractivity contribution in [3.63, 3.8) is 0 Å². The molecule has 2 N–H and O–H groups in total. The summed E-state index contributed by atoms with van der Waals surface area (Å²) in [4.78, 5) is 13.9. The van der Waals surface area contributed by atoms with Crippen molar-refractivity contribution < 1.29 is 9.53 Å². The summed E-state index contributed by atoms with van der Waals surface area (Å²) in [7, 11) is 0. The molecule has 158 valence electrons. The molecule has 5 fully saturated rings. The smallest absolute Gasteiger partial charge is 0.227 e. The summed E-state index contributed by atoms with van der Waals surface area (Å²) in [6.07, 6.45) is 7.64. The molecule has 4 bridgehead atoms. The maximum atomic E-state index is 13.9. The number of carbonyl (C=O) groups is 1. The highest BCUT2D eigenvalue weighted by Gasteiger charge is 2.74. The number of hydrogen-bond acceptors (Lipinski definition) is 3. The summed E-state index contributed by atoms with van der Waals surface area (Å²) in [5.74, 6) is 0.979. The Hall–Kier alpha value is -1.39. The minimum absolute atomic E-state index is 0.00435. The molecule has 4 nitrogen and oxygen atoms in total. The van der Waals surface area contributed by atoms with Gasteiger partial charge in [0.15, 0.2) is 0 Å². The summed E-state index contributed by atoms with van der Waals surface area (Å²) < 4.78 is 6.06. The van der Waals surface area contributed by atoms with Gasteiger partial charge in [-0.3, -0.25) is 4.79 Å². The van der Waals surface area contributed by atoms with Crippen molar-refractivity contribution >= 4 is 5.91 Å². The predicted octanol–water partition coefficient (Wildman–Crippen LogP) is 3.80. The number of benzene rings is 1. The number of ether oxygens (including phenoxy) is 1. The quantitative estimate of drug-likeness (QED) is 0.769. The predicted molar refractivity (Wildman–Crippen MR) is 115 cm³/mol. The monoisotopic (exact) mass is 396 g/mol. The van der Waals surface area contributed by atoms with Crippen LogP contribution in [0.2, 0.25) is 0 Å². The lowest BCUT2D eigenvalue weighted by molar-refractivity contribution is -0.140. The molecule has 1 aromatic carbocycles. The van der Waals surface area contributed by atoms with Crippen LogP contribution in [-0.2, 0) is 14.9 Å². The van der Waals surface area contributed by atoms with Gasteiger partial charge in [0.05, 0.1) is 12.0 Å². The Labute approximate surface area is 175 Å². The average Bonchev–Trinajstić information content (AvgIpc) is 3.06. The standard InChI is InChI=1S/C25H36N2O2/c1-3-29-17-24-13-19-12-23(15-24,20-7-5-4-6-8-20)16-25(24,14-19)22(28)27-21-9-10-26-18(2)11-21/h4-8,18-19,21,26H,3,9-17H2,1-2H3,(H,27,28)/t18-,19?,21-,23+,24+,25?/m0/s1. The van der Waals surface area contributed by atoms with E-state index in [0.717, 1.165) is 58.3 Å². The van der Waals surface area contributed by atoms with Gasteiger partial charge >= 0.3 is 0 Å². The van der Waals surface area contributed by atoms with Crippen LogP contribution in [0, 0.1) is 16.7 Å². The Kier molecular flexibility index (Phi) is 4.78. The van der Waals surface area contributed by atoms with E-state index in [0.29, 0.717) is 23.9 Å². The summed E-state index contributed by atoms with van der Waals surface area (Å²) in [6, 6.07) is 11.8. The van der Waals surface area contributed by atoms with E-state index >= 15 is 0 Å². The third kappa shape index (κ3) is 2.97. The van der Waals surface area contributed by atoms with Crippen molar-refractivity contribution in [2.45, 2.75) is 76.3 Å². The topological polar surface area (TPSA) is 50.4 Å². The van der Waals surface area contributed by atoms with Crippen LogP contribution >= 0.6 is 0 Å². The van der Waals surface area contributed by atoms with Gasteiger partial charge in [-0.15, -0.1) is 0 Å². The first-order chi connectivity index (χ1) is 14.0. The molecule has 4 saturated carbocycles. The van der Waals surface area contributed by atoms with Gasteiger partial charge in [-0.1, -0.05) is 30.3 Å². The molecule has 1 saturated heterocycles. The maximum Gasteiger partial charge on any atom is 0.227 e. The van der Waals surface area contributed by atoms with E-state index in [4.69, 9.17) is 4.74 Å². The van der Waals surface area contributed by atoms with Gasteiger partial charge in [0.2, 0.25) is 5.91 Å². The van der Waals surface area contributed by atoms with E-state index in [1.165, 1.54) is 12.0 Å². The number of amides is 1.